The van der Waals surface area contributed by atoms with Crippen molar-refractivity contribution in [3.05, 3.63) is 12.5 Å². The van der Waals surface area contributed by atoms with Crippen LogP contribution in [-0.4, -0.2) is 16.5 Å². The molecule has 4 heteroatoms. The van der Waals surface area contributed by atoms with Gasteiger partial charge in [0.25, 0.3) is 5.22 Å². The third-order valence-electron chi connectivity index (χ3n) is 2.01. The molecule has 0 saturated carbocycles. The Labute approximate surface area is 88.9 Å². The molecule has 13 heavy (non-hydrogen) atoms. The maximum Gasteiger partial charge on any atom is 0.255 e. The van der Waals surface area contributed by atoms with E-state index in [1.54, 1.807) is 24.2 Å². The first-order chi connectivity index (χ1) is 6.24. The quantitative estimate of drug-likeness (QED) is 0.606. The van der Waals surface area contributed by atoms with Gasteiger partial charge in [0.05, 0.1) is 6.20 Å². The van der Waals surface area contributed by atoms with E-state index < -0.39 is 0 Å². The lowest BCUT2D eigenvalue weighted by molar-refractivity contribution is 0.446. The average Bonchev–Trinajstić information content (AvgIpc) is 2.57. The molecule has 0 spiro atoms. The van der Waals surface area contributed by atoms with E-state index in [-0.39, 0.29) is 0 Å². The highest BCUT2D eigenvalue weighted by molar-refractivity contribution is 7.99. The van der Waals surface area contributed by atoms with Gasteiger partial charge in [-0.2, -0.15) is 12.6 Å². The highest BCUT2D eigenvalue weighted by Crippen LogP contribution is 2.23. The molecule has 0 aliphatic heterocycles. The molecule has 0 radical (unpaired) electrons. The van der Waals surface area contributed by atoms with E-state index in [1.165, 1.54) is 0 Å². The molecular formula is C9H15NOS2. The number of aromatic nitrogens is 1. The molecule has 0 saturated heterocycles. The van der Waals surface area contributed by atoms with Crippen molar-refractivity contribution in [2.24, 2.45) is 11.8 Å². The van der Waals surface area contributed by atoms with E-state index >= 15 is 0 Å². The van der Waals surface area contributed by atoms with Gasteiger partial charge in [-0.1, -0.05) is 25.6 Å². The van der Waals surface area contributed by atoms with E-state index in [4.69, 9.17) is 4.42 Å². The van der Waals surface area contributed by atoms with Crippen LogP contribution in [0.15, 0.2) is 22.1 Å². The number of oxazole rings is 1. The standard InChI is InChI=1S/C9H15NOS2/c1-7(2)8(5-12)6-13-9-10-3-4-11-9/h3-4,7-8,12H,5-6H2,1-2H3. The largest absolute Gasteiger partial charge is 0.440 e. The number of nitrogens with zero attached hydrogens (tertiary/aromatic N) is 1. The van der Waals surface area contributed by atoms with Crippen LogP contribution in [0, 0.1) is 11.8 Å². The van der Waals surface area contributed by atoms with E-state index in [0.717, 1.165) is 16.7 Å². The lowest BCUT2D eigenvalue weighted by atomic mass is 10.0. The summed E-state index contributed by atoms with van der Waals surface area (Å²) in [4.78, 5) is 4.05. The zero-order chi connectivity index (χ0) is 9.68. The Morgan fingerprint density at radius 3 is 2.85 bits per heavy atom. The van der Waals surface area contributed by atoms with Crippen LogP contribution < -0.4 is 0 Å². The Morgan fingerprint density at radius 1 is 1.62 bits per heavy atom. The van der Waals surface area contributed by atoms with Crippen molar-refractivity contribution < 1.29 is 4.42 Å². The van der Waals surface area contributed by atoms with Gasteiger partial charge in [-0.25, -0.2) is 4.98 Å². The fourth-order valence-electron chi connectivity index (χ4n) is 0.916. The first-order valence-corrected chi connectivity index (χ1v) is 5.99. The smallest absolute Gasteiger partial charge is 0.255 e. The van der Waals surface area contributed by atoms with Gasteiger partial charge in [-0.15, -0.1) is 0 Å². The molecule has 1 heterocycles. The summed E-state index contributed by atoms with van der Waals surface area (Å²) in [5.74, 6) is 3.24. The molecule has 1 aromatic rings. The number of rotatable bonds is 5. The Balaban J connectivity index is 2.32. The average molecular weight is 217 g/mol. The van der Waals surface area contributed by atoms with Gasteiger partial charge in [0, 0.05) is 5.75 Å². The predicted octanol–water partition coefficient (Wildman–Crippen LogP) is 2.97. The summed E-state index contributed by atoms with van der Waals surface area (Å²) in [6.45, 7) is 4.44. The molecule has 1 rings (SSSR count). The van der Waals surface area contributed by atoms with Crippen molar-refractivity contribution in [1.29, 1.82) is 0 Å². The molecule has 0 amide bonds. The molecule has 0 aliphatic carbocycles. The van der Waals surface area contributed by atoms with Gasteiger partial charge in [0.15, 0.2) is 0 Å². The van der Waals surface area contributed by atoms with Crippen molar-refractivity contribution >= 4 is 24.4 Å². The van der Waals surface area contributed by atoms with Crippen LogP contribution in [0.2, 0.25) is 0 Å². The fourth-order valence-corrected chi connectivity index (χ4v) is 2.76. The second kappa shape index (κ2) is 5.60. The van der Waals surface area contributed by atoms with Gasteiger partial charge in [0.1, 0.15) is 6.26 Å². The zero-order valence-electron chi connectivity index (χ0n) is 7.93. The maximum atomic E-state index is 5.14. The van der Waals surface area contributed by atoms with Crippen LogP contribution in [0.25, 0.3) is 0 Å². The second-order valence-corrected chi connectivity index (χ2v) is 4.63. The summed E-state index contributed by atoms with van der Waals surface area (Å²) in [7, 11) is 0. The molecule has 0 fully saturated rings. The number of hydrogen-bond acceptors (Lipinski definition) is 4. The van der Waals surface area contributed by atoms with Gasteiger partial charge in [-0.3, -0.25) is 0 Å². The SMILES string of the molecule is CC(C)C(CS)CSc1ncco1. The number of thioether (sulfide) groups is 1. The lowest BCUT2D eigenvalue weighted by Gasteiger charge is -2.16. The van der Waals surface area contributed by atoms with Crippen molar-refractivity contribution in [2.45, 2.75) is 19.1 Å². The highest BCUT2D eigenvalue weighted by Gasteiger charge is 2.12. The summed E-state index contributed by atoms with van der Waals surface area (Å²) in [5, 5.41) is 0.757. The topological polar surface area (TPSA) is 26.0 Å². The van der Waals surface area contributed by atoms with Crippen molar-refractivity contribution in [3.63, 3.8) is 0 Å². The van der Waals surface area contributed by atoms with Gasteiger partial charge < -0.3 is 4.42 Å². The van der Waals surface area contributed by atoms with E-state index in [0.29, 0.717) is 11.8 Å². The summed E-state index contributed by atoms with van der Waals surface area (Å²) in [6.07, 6.45) is 3.28. The second-order valence-electron chi connectivity index (χ2n) is 3.30. The minimum absolute atomic E-state index is 0.625. The number of hydrogen-bond donors (Lipinski definition) is 1. The summed E-state index contributed by atoms with van der Waals surface area (Å²) in [6, 6.07) is 0. The maximum absolute atomic E-state index is 5.14. The molecule has 0 N–H and O–H groups in total. The van der Waals surface area contributed by atoms with Crippen LogP contribution in [0.1, 0.15) is 13.8 Å². The Hall–Kier alpha value is -0.0900. The zero-order valence-corrected chi connectivity index (χ0v) is 9.65. The van der Waals surface area contributed by atoms with Crippen molar-refractivity contribution in [2.75, 3.05) is 11.5 Å². The van der Waals surface area contributed by atoms with Crippen LogP contribution in [0.3, 0.4) is 0 Å². The molecule has 74 valence electrons. The Kier molecular flexibility index (Phi) is 4.73. The molecule has 2 nitrogen and oxygen atoms in total. The Morgan fingerprint density at radius 2 is 2.38 bits per heavy atom. The monoisotopic (exact) mass is 217 g/mol. The number of thiol groups is 1. The first kappa shape index (κ1) is 11.0. The molecule has 1 unspecified atom stereocenters. The lowest BCUT2D eigenvalue weighted by Crippen LogP contribution is -2.13. The van der Waals surface area contributed by atoms with Crippen LogP contribution in [0.5, 0.6) is 0 Å². The van der Waals surface area contributed by atoms with E-state index in [1.807, 2.05) is 0 Å². The molecule has 0 aromatic carbocycles. The third-order valence-corrected chi connectivity index (χ3v) is 3.52. The van der Waals surface area contributed by atoms with Gasteiger partial charge in [0.2, 0.25) is 0 Å². The predicted molar refractivity (Wildman–Crippen MR) is 59.4 cm³/mol. The summed E-state index contributed by atoms with van der Waals surface area (Å²) < 4.78 is 5.14. The molecule has 0 aliphatic rings. The fraction of sp³-hybridized carbons (Fsp3) is 0.667. The van der Waals surface area contributed by atoms with Crippen LogP contribution in [0.4, 0.5) is 0 Å². The van der Waals surface area contributed by atoms with Crippen LogP contribution in [-0.2, 0) is 0 Å². The van der Waals surface area contributed by atoms with Gasteiger partial charge >= 0.3 is 0 Å². The van der Waals surface area contributed by atoms with E-state index in [2.05, 4.69) is 31.5 Å². The first-order valence-electron chi connectivity index (χ1n) is 4.37. The van der Waals surface area contributed by atoms with Gasteiger partial charge in [-0.05, 0) is 17.6 Å². The minimum Gasteiger partial charge on any atom is -0.440 e. The normalized spacial score (nSPS) is 13.5. The molecular weight excluding hydrogens is 202 g/mol. The third kappa shape index (κ3) is 3.65. The molecule has 1 aromatic heterocycles. The molecule has 0 bridgehead atoms. The van der Waals surface area contributed by atoms with Crippen molar-refractivity contribution in [1.82, 2.24) is 4.98 Å². The molecule has 1 atom stereocenters. The highest BCUT2D eigenvalue weighted by atomic mass is 32.2. The van der Waals surface area contributed by atoms with Crippen molar-refractivity contribution in [3.8, 4) is 0 Å². The Bertz CT molecular complexity index is 224. The summed E-state index contributed by atoms with van der Waals surface area (Å²) >= 11 is 5.98. The van der Waals surface area contributed by atoms with Crippen LogP contribution >= 0.6 is 24.4 Å². The summed E-state index contributed by atoms with van der Waals surface area (Å²) in [5.41, 5.74) is 0. The minimum atomic E-state index is 0.625. The van der Waals surface area contributed by atoms with E-state index in [9.17, 15) is 0 Å².